The number of amides is 1. The van der Waals surface area contributed by atoms with Gasteiger partial charge in [0.2, 0.25) is 0 Å². The molecule has 0 aliphatic heterocycles. The van der Waals surface area contributed by atoms with Crippen LogP contribution in [0, 0.1) is 6.92 Å². The highest BCUT2D eigenvalue weighted by atomic mass is 32.1. The zero-order valence-electron chi connectivity index (χ0n) is 16.0. The van der Waals surface area contributed by atoms with Crippen LogP contribution in [0.15, 0.2) is 48.7 Å². The second-order valence-corrected chi connectivity index (χ2v) is 7.85. The summed E-state index contributed by atoms with van der Waals surface area (Å²) in [5.41, 5.74) is 1.43. The van der Waals surface area contributed by atoms with Crippen LogP contribution >= 0.6 is 11.3 Å². The highest BCUT2D eigenvalue weighted by Crippen LogP contribution is 2.34. The Morgan fingerprint density at radius 3 is 2.60 bits per heavy atom. The van der Waals surface area contributed by atoms with Crippen molar-refractivity contribution in [3.63, 3.8) is 0 Å². The average Bonchev–Trinajstić information content (AvgIpc) is 3.33. The van der Waals surface area contributed by atoms with Crippen LogP contribution in [-0.2, 0) is 6.18 Å². The lowest BCUT2D eigenvalue weighted by Crippen LogP contribution is -2.27. The topological polar surface area (TPSA) is 70.7 Å². The first-order chi connectivity index (χ1) is 14.2. The van der Waals surface area contributed by atoms with Gasteiger partial charge >= 0.3 is 6.18 Å². The smallest absolute Gasteiger partial charge is 0.342 e. The number of alkyl halides is 3. The number of aromatic amines is 1. The third-order valence-electron chi connectivity index (χ3n) is 4.74. The molecule has 9 heteroatoms. The number of nitrogens with one attached hydrogen (secondary N) is 2. The van der Waals surface area contributed by atoms with E-state index in [-0.39, 0.29) is 10.7 Å². The maximum Gasteiger partial charge on any atom is 0.433 e. The van der Waals surface area contributed by atoms with Crippen LogP contribution < -0.4 is 5.32 Å². The Bertz CT molecular complexity index is 1210. The highest BCUT2D eigenvalue weighted by Gasteiger charge is 2.33. The quantitative estimate of drug-likeness (QED) is 0.449. The van der Waals surface area contributed by atoms with Crippen LogP contribution in [0.25, 0.3) is 21.5 Å². The van der Waals surface area contributed by atoms with Gasteiger partial charge in [0.15, 0.2) is 0 Å². The number of halogens is 3. The molecule has 0 bridgehead atoms. The van der Waals surface area contributed by atoms with E-state index in [1.54, 1.807) is 20.0 Å². The maximum absolute atomic E-state index is 12.9. The molecule has 1 aromatic carbocycles. The number of hydrogen-bond acceptors (Lipinski definition) is 4. The van der Waals surface area contributed by atoms with E-state index < -0.39 is 17.9 Å². The SMILES string of the molecule is Cc1c(C(=O)NC(C)c2ncc(-c3ccccc3)[nH]2)sc2nc(C(F)(F)F)ccc12. The summed E-state index contributed by atoms with van der Waals surface area (Å²) >= 11 is 0.948. The molecule has 30 heavy (non-hydrogen) atoms. The molecular weight excluding hydrogens is 413 g/mol. The lowest BCUT2D eigenvalue weighted by molar-refractivity contribution is -0.140. The predicted molar refractivity (Wildman–Crippen MR) is 109 cm³/mol. The number of thiophene rings is 1. The molecule has 4 aromatic rings. The largest absolute Gasteiger partial charge is 0.433 e. The van der Waals surface area contributed by atoms with Gasteiger partial charge in [-0.3, -0.25) is 4.79 Å². The molecule has 0 fully saturated rings. The summed E-state index contributed by atoms with van der Waals surface area (Å²) in [7, 11) is 0. The number of hydrogen-bond donors (Lipinski definition) is 2. The fourth-order valence-electron chi connectivity index (χ4n) is 3.13. The summed E-state index contributed by atoms with van der Waals surface area (Å²) in [6, 6.07) is 11.5. The number of imidazole rings is 1. The van der Waals surface area contributed by atoms with Crippen LogP contribution in [0.2, 0.25) is 0 Å². The van der Waals surface area contributed by atoms with Crippen LogP contribution in [0.5, 0.6) is 0 Å². The Labute approximate surface area is 174 Å². The lowest BCUT2D eigenvalue weighted by Gasteiger charge is -2.11. The Morgan fingerprint density at radius 1 is 1.17 bits per heavy atom. The summed E-state index contributed by atoms with van der Waals surface area (Å²) < 4.78 is 38.8. The molecular formula is C21H17F3N4OS. The number of aromatic nitrogens is 3. The molecule has 0 aliphatic rings. The molecule has 1 unspecified atom stereocenters. The monoisotopic (exact) mass is 430 g/mol. The Balaban J connectivity index is 1.56. The van der Waals surface area contributed by atoms with Gasteiger partial charge in [0, 0.05) is 5.39 Å². The fraction of sp³-hybridized carbons (Fsp3) is 0.190. The average molecular weight is 430 g/mol. The molecule has 3 aromatic heterocycles. The van der Waals surface area contributed by atoms with E-state index in [0.29, 0.717) is 21.7 Å². The Morgan fingerprint density at radius 2 is 1.90 bits per heavy atom. The van der Waals surface area contributed by atoms with Crippen LogP contribution in [0.4, 0.5) is 13.2 Å². The van der Waals surface area contributed by atoms with Gasteiger partial charge in [-0.05, 0) is 37.1 Å². The van der Waals surface area contributed by atoms with Crippen LogP contribution in [-0.4, -0.2) is 20.9 Å². The third kappa shape index (κ3) is 3.80. The number of nitrogens with zero attached hydrogens (tertiary/aromatic N) is 2. The molecule has 2 N–H and O–H groups in total. The molecule has 0 aliphatic carbocycles. The maximum atomic E-state index is 12.9. The highest BCUT2D eigenvalue weighted by molar-refractivity contribution is 7.20. The first kappa shape index (κ1) is 20.1. The number of rotatable bonds is 4. The van der Waals surface area contributed by atoms with Gasteiger partial charge in [-0.25, -0.2) is 9.97 Å². The number of fused-ring (bicyclic) bond motifs is 1. The van der Waals surface area contributed by atoms with Crippen molar-refractivity contribution in [3.8, 4) is 11.3 Å². The van der Waals surface area contributed by atoms with E-state index in [0.717, 1.165) is 28.7 Å². The standard InChI is InChI=1S/C21H17F3N4OS/c1-11-14-8-9-16(21(22,23)24)28-20(14)30-17(11)19(29)26-12(2)18-25-10-15(27-18)13-6-4-3-5-7-13/h3-10,12H,1-2H3,(H,25,27)(H,26,29). The molecule has 0 spiro atoms. The number of pyridine rings is 1. The Kier molecular flexibility index (Phi) is 5.07. The molecule has 0 radical (unpaired) electrons. The summed E-state index contributed by atoms with van der Waals surface area (Å²) in [6.07, 6.45) is -2.83. The third-order valence-corrected chi connectivity index (χ3v) is 5.94. The van der Waals surface area contributed by atoms with E-state index in [9.17, 15) is 18.0 Å². The van der Waals surface area contributed by atoms with Gasteiger partial charge < -0.3 is 10.3 Å². The molecule has 4 rings (SSSR count). The summed E-state index contributed by atoms with van der Waals surface area (Å²) in [5.74, 6) is 0.202. The van der Waals surface area contributed by atoms with Crippen molar-refractivity contribution in [1.82, 2.24) is 20.3 Å². The van der Waals surface area contributed by atoms with E-state index in [1.165, 1.54) is 6.07 Å². The fourth-order valence-corrected chi connectivity index (χ4v) is 4.21. The van der Waals surface area contributed by atoms with E-state index >= 15 is 0 Å². The van der Waals surface area contributed by atoms with Gasteiger partial charge in [-0.2, -0.15) is 13.2 Å². The van der Waals surface area contributed by atoms with Gasteiger partial charge in [-0.1, -0.05) is 30.3 Å². The van der Waals surface area contributed by atoms with Crippen LogP contribution in [0.3, 0.4) is 0 Å². The van der Waals surface area contributed by atoms with Crippen molar-refractivity contribution in [2.75, 3.05) is 0 Å². The Hall–Kier alpha value is -3.20. The number of benzene rings is 1. The molecule has 0 saturated carbocycles. The zero-order chi connectivity index (χ0) is 21.5. The number of carbonyl (C=O) groups is 1. The molecule has 3 heterocycles. The second kappa shape index (κ2) is 7.56. The van der Waals surface area contributed by atoms with Crippen molar-refractivity contribution in [2.45, 2.75) is 26.1 Å². The van der Waals surface area contributed by atoms with E-state index in [4.69, 9.17) is 0 Å². The van der Waals surface area contributed by atoms with Crippen molar-refractivity contribution >= 4 is 27.5 Å². The zero-order valence-corrected chi connectivity index (χ0v) is 16.9. The van der Waals surface area contributed by atoms with Gasteiger partial charge in [0.1, 0.15) is 16.3 Å². The second-order valence-electron chi connectivity index (χ2n) is 6.85. The lowest BCUT2D eigenvalue weighted by atomic mass is 10.1. The minimum atomic E-state index is -4.53. The first-order valence-corrected chi connectivity index (χ1v) is 9.94. The molecule has 154 valence electrons. The van der Waals surface area contributed by atoms with Crippen LogP contribution in [0.1, 0.15) is 39.7 Å². The van der Waals surface area contributed by atoms with Gasteiger partial charge in [-0.15, -0.1) is 11.3 Å². The number of carbonyl (C=O) groups excluding carboxylic acids is 1. The summed E-state index contributed by atoms with van der Waals surface area (Å²) in [5, 5.41) is 3.39. The van der Waals surface area contributed by atoms with Crippen molar-refractivity contribution < 1.29 is 18.0 Å². The van der Waals surface area contributed by atoms with E-state index in [1.807, 2.05) is 30.3 Å². The van der Waals surface area contributed by atoms with Crippen molar-refractivity contribution in [2.24, 2.45) is 0 Å². The predicted octanol–water partition coefficient (Wildman–Crippen LogP) is 5.50. The minimum absolute atomic E-state index is 0.185. The first-order valence-electron chi connectivity index (χ1n) is 9.12. The normalized spacial score (nSPS) is 12.8. The number of aryl methyl sites for hydroxylation is 1. The van der Waals surface area contributed by atoms with Crippen molar-refractivity contribution in [1.29, 1.82) is 0 Å². The summed E-state index contributed by atoms with van der Waals surface area (Å²) in [4.78, 5) is 24.5. The molecule has 5 nitrogen and oxygen atoms in total. The van der Waals surface area contributed by atoms with Crippen molar-refractivity contribution in [3.05, 3.63) is 70.6 Å². The molecule has 1 atom stereocenters. The minimum Gasteiger partial charge on any atom is -0.342 e. The van der Waals surface area contributed by atoms with E-state index in [2.05, 4.69) is 20.3 Å². The van der Waals surface area contributed by atoms with Gasteiger partial charge in [0.05, 0.1) is 22.8 Å². The van der Waals surface area contributed by atoms with Gasteiger partial charge in [0.25, 0.3) is 5.91 Å². The summed E-state index contributed by atoms with van der Waals surface area (Å²) in [6.45, 7) is 3.49. The number of H-pyrrole nitrogens is 1. The molecule has 1 amide bonds. The molecule has 0 saturated heterocycles.